The average molecular weight is 235 g/mol. The zero-order chi connectivity index (χ0) is 11.4. The third kappa shape index (κ3) is 2.82. The number of thioether (sulfide) groups is 1. The second kappa shape index (κ2) is 5.12. The van der Waals surface area contributed by atoms with Gasteiger partial charge in [-0.15, -0.1) is 11.8 Å². The minimum absolute atomic E-state index is 0.197. The Balaban J connectivity index is 1.91. The Hall–Kier alpha value is -1.36. The molecule has 0 saturated heterocycles. The first-order valence-corrected chi connectivity index (χ1v) is 6.12. The van der Waals surface area contributed by atoms with Gasteiger partial charge >= 0.3 is 0 Å². The predicted molar refractivity (Wildman–Crippen MR) is 63.0 cm³/mol. The Morgan fingerprint density at radius 1 is 1.44 bits per heavy atom. The number of aryl methyl sites for hydroxylation is 1. The third-order valence-electron chi connectivity index (χ3n) is 2.10. The molecule has 4 nitrogen and oxygen atoms in total. The van der Waals surface area contributed by atoms with E-state index >= 15 is 0 Å². The fourth-order valence-electron chi connectivity index (χ4n) is 1.24. The standard InChI is InChI=1S/C11H13N3OS/c1-8(11-13-9(2)14-15-11)16-7-10-5-3-4-6-12-10/h3-6,8H,7H2,1-2H3/t8-/m0/s1. The van der Waals surface area contributed by atoms with Gasteiger partial charge in [0.25, 0.3) is 0 Å². The lowest BCUT2D eigenvalue weighted by Crippen LogP contribution is -1.91. The van der Waals surface area contributed by atoms with Crippen LogP contribution in [0, 0.1) is 6.92 Å². The van der Waals surface area contributed by atoms with Crippen LogP contribution in [-0.2, 0) is 5.75 Å². The first kappa shape index (κ1) is 11.1. The van der Waals surface area contributed by atoms with Gasteiger partial charge < -0.3 is 4.52 Å². The second-order valence-electron chi connectivity index (χ2n) is 3.45. The molecule has 0 spiro atoms. The average Bonchev–Trinajstić information content (AvgIpc) is 2.74. The molecule has 0 radical (unpaired) electrons. The zero-order valence-corrected chi connectivity index (χ0v) is 10.1. The summed E-state index contributed by atoms with van der Waals surface area (Å²) < 4.78 is 5.11. The van der Waals surface area contributed by atoms with Crippen LogP contribution in [0.5, 0.6) is 0 Å². The van der Waals surface area contributed by atoms with Gasteiger partial charge in [0.15, 0.2) is 5.82 Å². The van der Waals surface area contributed by atoms with Crippen LogP contribution in [0.15, 0.2) is 28.9 Å². The van der Waals surface area contributed by atoms with Crippen molar-refractivity contribution in [1.82, 2.24) is 15.1 Å². The molecular weight excluding hydrogens is 222 g/mol. The van der Waals surface area contributed by atoms with Crippen molar-refractivity contribution in [3.63, 3.8) is 0 Å². The van der Waals surface area contributed by atoms with Gasteiger partial charge in [-0.25, -0.2) is 0 Å². The number of nitrogens with zero attached hydrogens (tertiary/aromatic N) is 3. The smallest absolute Gasteiger partial charge is 0.239 e. The molecule has 0 fully saturated rings. The van der Waals surface area contributed by atoms with E-state index < -0.39 is 0 Å². The fraction of sp³-hybridized carbons (Fsp3) is 0.364. The Morgan fingerprint density at radius 3 is 2.94 bits per heavy atom. The molecule has 2 rings (SSSR count). The van der Waals surface area contributed by atoms with Crippen molar-refractivity contribution in [3.8, 4) is 0 Å². The summed E-state index contributed by atoms with van der Waals surface area (Å²) in [4.78, 5) is 8.47. The number of hydrogen-bond donors (Lipinski definition) is 0. The van der Waals surface area contributed by atoms with Gasteiger partial charge in [0.1, 0.15) is 0 Å². The highest BCUT2D eigenvalue weighted by Gasteiger charge is 2.13. The molecule has 1 atom stereocenters. The molecule has 0 amide bonds. The number of rotatable bonds is 4. The number of aromatic nitrogens is 3. The lowest BCUT2D eigenvalue weighted by molar-refractivity contribution is 0.376. The summed E-state index contributed by atoms with van der Waals surface area (Å²) in [6, 6.07) is 5.92. The van der Waals surface area contributed by atoms with E-state index in [1.165, 1.54) is 0 Å². The Morgan fingerprint density at radius 2 is 2.31 bits per heavy atom. The highest BCUT2D eigenvalue weighted by atomic mass is 32.2. The molecule has 0 saturated carbocycles. The summed E-state index contributed by atoms with van der Waals surface area (Å²) in [5.74, 6) is 2.21. The minimum Gasteiger partial charge on any atom is -0.338 e. The van der Waals surface area contributed by atoms with Crippen LogP contribution in [0.3, 0.4) is 0 Å². The predicted octanol–water partition coefficient (Wildman–Crippen LogP) is 2.77. The van der Waals surface area contributed by atoms with Crippen molar-refractivity contribution in [2.45, 2.75) is 24.9 Å². The molecule has 16 heavy (non-hydrogen) atoms. The van der Waals surface area contributed by atoms with Crippen molar-refractivity contribution in [3.05, 3.63) is 41.8 Å². The summed E-state index contributed by atoms with van der Waals surface area (Å²) in [5, 5.41) is 3.98. The third-order valence-corrected chi connectivity index (χ3v) is 3.26. The number of hydrogen-bond acceptors (Lipinski definition) is 5. The van der Waals surface area contributed by atoms with Crippen LogP contribution >= 0.6 is 11.8 Å². The van der Waals surface area contributed by atoms with Crippen LogP contribution in [-0.4, -0.2) is 15.1 Å². The van der Waals surface area contributed by atoms with Crippen LogP contribution in [0.2, 0.25) is 0 Å². The Labute approximate surface area is 98.5 Å². The van der Waals surface area contributed by atoms with Gasteiger partial charge in [0, 0.05) is 11.9 Å². The maximum atomic E-state index is 5.11. The minimum atomic E-state index is 0.197. The highest BCUT2D eigenvalue weighted by Crippen LogP contribution is 2.29. The van der Waals surface area contributed by atoms with E-state index in [-0.39, 0.29) is 5.25 Å². The molecule has 0 aliphatic heterocycles. The van der Waals surface area contributed by atoms with Gasteiger partial charge in [-0.2, -0.15) is 4.98 Å². The molecule has 2 heterocycles. The van der Waals surface area contributed by atoms with E-state index in [1.807, 2.05) is 25.1 Å². The maximum Gasteiger partial charge on any atom is 0.239 e. The van der Waals surface area contributed by atoms with Gasteiger partial charge in [-0.3, -0.25) is 4.98 Å². The normalized spacial score (nSPS) is 12.6. The summed E-state index contributed by atoms with van der Waals surface area (Å²) in [7, 11) is 0. The fourth-order valence-corrected chi connectivity index (χ4v) is 2.07. The van der Waals surface area contributed by atoms with E-state index in [4.69, 9.17) is 4.52 Å². The largest absolute Gasteiger partial charge is 0.338 e. The van der Waals surface area contributed by atoms with Crippen molar-refractivity contribution < 1.29 is 4.52 Å². The topological polar surface area (TPSA) is 51.8 Å². The summed E-state index contributed by atoms with van der Waals surface area (Å²) in [5.41, 5.74) is 1.07. The molecule has 2 aromatic rings. The lowest BCUT2D eigenvalue weighted by atomic mass is 10.4. The van der Waals surface area contributed by atoms with Gasteiger partial charge in [0.05, 0.1) is 10.9 Å². The van der Waals surface area contributed by atoms with Crippen molar-refractivity contribution in [2.75, 3.05) is 0 Å². The zero-order valence-electron chi connectivity index (χ0n) is 9.25. The summed E-state index contributed by atoms with van der Waals surface area (Å²) >= 11 is 1.74. The summed E-state index contributed by atoms with van der Waals surface area (Å²) in [6.45, 7) is 3.88. The van der Waals surface area contributed by atoms with Crippen molar-refractivity contribution in [2.24, 2.45) is 0 Å². The Bertz CT molecular complexity index is 444. The molecule has 0 aromatic carbocycles. The first-order valence-electron chi connectivity index (χ1n) is 5.07. The van der Waals surface area contributed by atoms with E-state index in [0.717, 1.165) is 11.4 Å². The molecule has 5 heteroatoms. The monoisotopic (exact) mass is 235 g/mol. The molecule has 0 bridgehead atoms. The quantitative estimate of drug-likeness (QED) is 0.815. The molecule has 0 aliphatic rings. The van der Waals surface area contributed by atoms with Crippen LogP contribution in [0.1, 0.15) is 29.6 Å². The first-order chi connectivity index (χ1) is 7.75. The molecule has 0 unspecified atom stereocenters. The second-order valence-corrected chi connectivity index (χ2v) is 4.78. The summed E-state index contributed by atoms with van der Waals surface area (Å²) in [6.07, 6.45) is 1.80. The molecule has 2 aromatic heterocycles. The molecule has 0 N–H and O–H groups in total. The van der Waals surface area contributed by atoms with Gasteiger partial charge in [0.2, 0.25) is 5.89 Å². The van der Waals surface area contributed by atoms with Gasteiger partial charge in [-0.05, 0) is 26.0 Å². The van der Waals surface area contributed by atoms with Crippen molar-refractivity contribution in [1.29, 1.82) is 0 Å². The van der Waals surface area contributed by atoms with Crippen LogP contribution < -0.4 is 0 Å². The Kier molecular flexibility index (Phi) is 3.56. The van der Waals surface area contributed by atoms with Crippen LogP contribution in [0.4, 0.5) is 0 Å². The van der Waals surface area contributed by atoms with Crippen molar-refractivity contribution >= 4 is 11.8 Å². The van der Waals surface area contributed by atoms with Gasteiger partial charge in [-0.1, -0.05) is 11.2 Å². The highest BCUT2D eigenvalue weighted by molar-refractivity contribution is 7.98. The molecular formula is C11H13N3OS. The van der Waals surface area contributed by atoms with E-state index in [1.54, 1.807) is 18.0 Å². The van der Waals surface area contributed by atoms with E-state index in [2.05, 4.69) is 22.0 Å². The lowest BCUT2D eigenvalue weighted by Gasteiger charge is -2.05. The van der Waals surface area contributed by atoms with E-state index in [0.29, 0.717) is 11.7 Å². The van der Waals surface area contributed by atoms with E-state index in [9.17, 15) is 0 Å². The number of pyridine rings is 1. The maximum absolute atomic E-state index is 5.11. The van der Waals surface area contributed by atoms with Crippen LogP contribution in [0.25, 0.3) is 0 Å². The molecule has 0 aliphatic carbocycles. The molecule has 84 valence electrons. The SMILES string of the molecule is Cc1noc([C@H](C)SCc2ccccn2)n1.